The molecule has 0 radical (unpaired) electrons. The second-order valence-electron chi connectivity index (χ2n) is 6.40. The maximum atomic E-state index is 6.52. The van der Waals surface area contributed by atoms with Crippen LogP contribution in [0.1, 0.15) is 40.5 Å². The van der Waals surface area contributed by atoms with Crippen LogP contribution in [-0.2, 0) is 0 Å². The van der Waals surface area contributed by atoms with Gasteiger partial charge in [-0.05, 0) is 37.0 Å². The Kier molecular flexibility index (Phi) is 5.61. The Hall–Kier alpha value is -0.250. The van der Waals surface area contributed by atoms with E-state index in [1.165, 1.54) is 0 Å². The monoisotopic (exact) mass is 372 g/mol. The molecule has 1 fully saturated rings. The van der Waals surface area contributed by atoms with Crippen LogP contribution in [0.3, 0.4) is 0 Å². The number of hydrogen-bond donors (Lipinski definition) is 1. The molecular weight excluding hydrogens is 348 g/mol. The lowest BCUT2D eigenvalue weighted by Crippen LogP contribution is -2.65. The normalized spacial score (nSPS) is 21.9. The number of nitrogens with zero attached hydrogens (tertiary/aromatic N) is 1. The Bertz CT molecular complexity index is 486. The summed E-state index contributed by atoms with van der Waals surface area (Å²) in [4.78, 5) is 2.52. The average molecular weight is 374 g/mol. The highest BCUT2D eigenvalue weighted by molar-refractivity contribution is 9.10. The van der Waals surface area contributed by atoms with E-state index >= 15 is 0 Å². The third-order valence-electron chi connectivity index (χ3n) is 4.90. The molecule has 118 valence electrons. The predicted molar refractivity (Wildman–Crippen MR) is 96.4 cm³/mol. The minimum atomic E-state index is 0.196. The first-order valence-corrected chi connectivity index (χ1v) is 9.06. The van der Waals surface area contributed by atoms with E-state index in [-0.39, 0.29) is 5.54 Å². The van der Waals surface area contributed by atoms with E-state index in [1.807, 2.05) is 6.07 Å². The van der Waals surface area contributed by atoms with Crippen molar-refractivity contribution in [3.05, 3.63) is 27.7 Å². The fourth-order valence-corrected chi connectivity index (χ4v) is 4.01. The van der Waals surface area contributed by atoms with Crippen molar-refractivity contribution in [1.29, 1.82) is 0 Å². The predicted octanol–water partition coefficient (Wildman–Crippen LogP) is 5.10. The van der Waals surface area contributed by atoms with Crippen LogP contribution in [-0.4, -0.2) is 24.7 Å². The highest BCUT2D eigenvalue weighted by atomic mass is 79.9. The molecule has 1 atom stereocenters. The Morgan fingerprint density at radius 2 is 2.05 bits per heavy atom. The van der Waals surface area contributed by atoms with Crippen LogP contribution in [0.5, 0.6) is 0 Å². The SMILES string of the molecule is CCC1(CC)CN(c2ccc(Br)cc2Cl)C(C(C)C)CN1. The van der Waals surface area contributed by atoms with E-state index in [0.717, 1.165) is 41.1 Å². The third-order valence-corrected chi connectivity index (χ3v) is 5.70. The van der Waals surface area contributed by atoms with Crippen molar-refractivity contribution in [2.75, 3.05) is 18.0 Å². The Balaban J connectivity index is 2.38. The van der Waals surface area contributed by atoms with Gasteiger partial charge in [-0.15, -0.1) is 0 Å². The molecule has 1 saturated heterocycles. The fraction of sp³-hybridized carbons (Fsp3) is 0.647. The van der Waals surface area contributed by atoms with Crippen molar-refractivity contribution in [3.8, 4) is 0 Å². The lowest BCUT2D eigenvalue weighted by Gasteiger charge is -2.50. The van der Waals surface area contributed by atoms with Gasteiger partial charge in [0.05, 0.1) is 10.7 Å². The first-order chi connectivity index (χ1) is 9.92. The third kappa shape index (κ3) is 3.57. The molecule has 1 N–H and O–H groups in total. The summed E-state index contributed by atoms with van der Waals surface area (Å²) in [7, 11) is 0. The van der Waals surface area contributed by atoms with Crippen molar-refractivity contribution in [3.63, 3.8) is 0 Å². The van der Waals surface area contributed by atoms with E-state index in [0.29, 0.717) is 12.0 Å². The number of anilines is 1. The van der Waals surface area contributed by atoms with Crippen LogP contribution in [0, 0.1) is 5.92 Å². The van der Waals surface area contributed by atoms with Gasteiger partial charge in [-0.3, -0.25) is 0 Å². The largest absolute Gasteiger partial charge is 0.364 e. The molecule has 1 aliphatic heterocycles. The van der Waals surface area contributed by atoms with Gasteiger partial charge in [-0.25, -0.2) is 0 Å². The maximum absolute atomic E-state index is 6.52. The van der Waals surface area contributed by atoms with Gasteiger partial charge in [-0.2, -0.15) is 0 Å². The summed E-state index contributed by atoms with van der Waals surface area (Å²) in [5.74, 6) is 0.587. The highest BCUT2D eigenvalue weighted by Crippen LogP contribution is 2.35. The molecule has 1 aliphatic rings. The van der Waals surface area contributed by atoms with Crippen molar-refractivity contribution in [2.24, 2.45) is 5.92 Å². The molecule has 0 amide bonds. The first kappa shape index (κ1) is 17.1. The summed E-state index contributed by atoms with van der Waals surface area (Å²) in [5.41, 5.74) is 1.35. The Morgan fingerprint density at radius 1 is 1.38 bits per heavy atom. The summed E-state index contributed by atoms with van der Waals surface area (Å²) in [6.07, 6.45) is 2.28. The van der Waals surface area contributed by atoms with E-state index in [1.54, 1.807) is 0 Å². The topological polar surface area (TPSA) is 15.3 Å². The summed E-state index contributed by atoms with van der Waals surface area (Å²) in [5, 5.41) is 4.63. The Labute approximate surface area is 142 Å². The number of hydrogen-bond acceptors (Lipinski definition) is 2. The van der Waals surface area contributed by atoms with Crippen molar-refractivity contribution >= 4 is 33.2 Å². The smallest absolute Gasteiger partial charge is 0.0650 e. The van der Waals surface area contributed by atoms with E-state index < -0.39 is 0 Å². The van der Waals surface area contributed by atoms with Crippen LogP contribution in [0.4, 0.5) is 5.69 Å². The van der Waals surface area contributed by atoms with Gasteiger partial charge in [0.1, 0.15) is 0 Å². The second-order valence-corrected chi connectivity index (χ2v) is 7.73. The van der Waals surface area contributed by atoms with Crippen LogP contribution in [0.25, 0.3) is 0 Å². The molecule has 0 aliphatic carbocycles. The molecule has 0 saturated carbocycles. The fourth-order valence-electron chi connectivity index (χ4n) is 3.23. The maximum Gasteiger partial charge on any atom is 0.0650 e. The molecule has 0 bridgehead atoms. The molecule has 4 heteroatoms. The van der Waals surface area contributed by atoms with Gasteiger partial charge < -0.3 is 10.2 Å². The van der Waals surface area contributed by atoms with Gasteiger partial charge in [-0.1, -0.05) is 55.2 Å². The number of halogens is 2. The number of rotatable bonds is 4. The van der Waals surface area contributed by atoms with Crippen LogP contribution >= 0.6 is 27.5 Å². The van der Waals surface area contributed by atoms with E-state index in [2.05, 4.69) is 66.0 Å². The molecule has 0 aromatic heterocycles. The Morgan fingerprint density at radius 3 is 2.57 bits per heavy atom. The lowest BCUT2D eigenvalue weighted by atomic mass is 9.86. The molecule has 2 nitrogen and oxygen atoms in total. The zero-order chi connectivity index (χ0) is 15.6. The first-order valence-electron chi connectivity index (χ1n) is 7.89. The van der Waals surface area contributed by atoms with E-state index in [9.17, 15) is 0 Å². The second kappa shape index (κ2) is 6.89. The van der Waals surface area contributed by atoms with Crippen LogP contribution < -0.4 is 10.2 Å². The standard InChI is InChI=1S/C17H26BrClN2/c1-5-17(6-2)11-21(16(10-20-17)12(3)4)15-8-7-13(18)9-14(15)19/h7-9,12,16,20H,5-6,10-11H2,1-4H3. The number of nitrogens with one attached hydrogen (secondary N) is 1. The molecule has 21 heavy (non-hydrogen) atoms. The van der Waals surface area contributed by atoms with Crippen LogP contribution in [0.15, 0.2) is 22.7 Å². The van der Waals surface area contributed by atoms with Gasteiger partial charge in [0.25, 0.3) is 0 Å². The quantitative estimate of drug-likeness (QED) is 0.790. The van der Waals surface area contributed by atoms with Crippen molar-refractivity contribution in [2.45, 2.75) is 52.1 Å². The molecule has 2 rings (SSSR count). The van der Waals surface area contributed by atoms with Crippen molar-refractivity contribution in [1.82, 2.24) is 5.32 Å². The lowest BCUT2D eigenvalue weighted by molar-refractivity contribution is 0.227. The molecular formula is C17H26BrClN2. The summed E-state index contributed by atoms with van der Waals surface area (Å²) in [6, 6.07) is 6.70. The van der Waals surface area contributed by atoms with Crippen molar-refractivity contribution < 1.29 is 0 Å². The molecule has 1 unspecified atom stereocenters. The number of benzene rings is 1. The zero-order valence-electron chi connectivity index (χ0n) is 13.4. The van der Waals surface area contributed by atoms with Gasteiger partial charge in [0.2, 0.25) is 0 Å². The molecule has 1 aromatic carbocycles. The van der Waals surface area contributed by atoms with Gasteiger partial charge in [0.15, 0.2) is 0 Å². The van der Waals surface area contributed by atoms with Crippen LogP contribution in [0.2, 0.25) is 5.02 Å². The molecule has 0 spiro atoms. The van der Waals surface area contributed by atoms with Gasteiger partial charge in [0, 0.05) is 29.1 Å². The number of piperazine rings is 1. The molecule has 1 heterocycles. The average Bonchev–Trinajstić information content (AvgIpc) is 2.46. The molecule has 1 aromatic rings. The minimum Gasteiger partial charge on any atom is -0.364 e. The summed E-state index contributed by atoms with van der Waals surface area (Å²) in [6.45, 7) is 11.2. The summed E-state index contributed by atoms with van der Waals surface area (Å²) >= 11 is 10.0. The minimum absolute atomic E-state index is 0.196. The highest BCUT2D eigenvalue weighted by Gasteiger charge is 2.38. The summed E-state index contributed by atoms with van der Waals surface area (Å²) < 4.78 is 1.03. The zero-order valence-corrected chi connectivity index (χ0v) is 15.8. The van der Waals surface area contributed by atoms with Gasteiger partial charge >= 0.3 is 0 Å². The van der Waals surface area contributed by atoms with E-state index in [4.69, 9.17) is 11.6 Å².